The van der Waals surface area contributed by atoms with Crippen LogP contribution in [0.25, 0.3) is 0 Å². The first-order chi connectivity index (χ1) is 11.7. The number of aliphatic hydroxyl groups excluding tert-OH is 1. The molecule has 24 heavy (non-hydrogen) atoms. The second-order valence-electron chi connectivity index (χ2n) is 6.98. The van der Waals surface area contributed by atoms with E-state index in [0.29, 0.717) is 13.2 Å². The van der Waals surface area contributed by atoms with Gasteiger partial charge in [0, 0.05) is 25.3 Å². The Morgan fingerprint density at radius 3 is 2.54 bits per heavy atom. The summed E-state index contributed by atoms with van der Waals surface area (Å²) >= 11 is 0. The molecule has 2 aliphatic rings. The molecule has 2 N–H and O–H groups in total. The lowest BCUT2D eigenvalue weighted by atomic mass is 9.88. The number of nitrogens with one attached hydrogen (secondary N) is 1. The number of benzene rings is 1. The third-order valence-corrected chi connectivity index (χ3v) is 5.22. The first kappa shape index (κ1) is 17.8. The van der Waals surface area contributed by atoms with Gasteiger partial charge in [-0.05, 0) is 43.4 Å². The lowest BCUT2D eigenvalue weighted by molar-refractivity contribution is -0.0595. The second-order valence-corrected chi connectivity index (χ2v) is 6.98. The van der Waals surface area contributed by atoms with Gasteiger partial charge in [-0.3, -0.25) is 0 Å². The van der Waals surface area contributed by atoms with Crippen molar-refractivity contribution in [2.75, 3.05) is 26.4 Å². The predicted octanol–water partition coefficient (Wildman–Crippen LogP) is 2.74. The third-order valence-electron chi connectivity index (χ3n) is 5.22. The van der Waals surface area contributed by atoms with Crippen LogP contribution in [0.5, 0.6) is 0 Å². The molecule has 1 heterocycles. The van der Waals surface area contributed by atoms with Gasteiger partial charge in [0.2, 0.25) is 0 Å². The first-order valence-corrected chi connectivity index (χ1v) is 9.06. The van der Waals surface area contributed by atoms with E-state index in [2.05, 4.69) is 5.32 Å². The minimum Gasteiger partial charge on any atom is -0.389 e. The van der Waals surface area contributed by atoms with Crippen LogP contribution >= 0.6 is 0 Å². The fraction of sp³-hybridized carbons (Fsp3) is 0.684. The van der Waals surface area contributed by atoms with Gasteiger partial charge in [-0.1, -0.05) is 25.0 Å². The molecule has 0 aromatic heterocycles. The topological polar surface area (TPSA) is 50.7 Å². The van der Waals surface area contributed by atoms with Crippen LogP contribution in [0.4, 0.5) is 4.39 Å². The van der Waals surface area contributed by atoms with E-state index in [1.165, 1.54) is 12.1 Å². The molecule has 1 unspecified atom stereocenters. The summed E-state index contributed by atoms with van der Waals surface area (Å²) in [6.45, 7) is 2.32. The zero-order chi connectivity index (χ0) is 16.8. The maximum absolute atomic E-state index is 13.2. The van der Waals surface area contributed by atoms with E-state index in [0.717, 1.165) is 57.3 Å². The standard InChI is InChI=1S/C19H28FNO3/c20-16-5-3-15(4-6-16)19(9-1-2-10-19)21-13-17(22)14-24-18-7-11-23-12-8-18/h3-6,17-18,21-22H,1-2,7-14H2. The van der Waals surface area contributed by atoms with Crippen LogP contribution in [0.15, 0.2) is 24.3 Å². The van der Waals surface area contributed by atoms with Gasteiger partial charge in [-0.15, -0.1) is 0 Å². The Hall–Kier alpha value is -1.01. The summed E-state index contributed by atoms with van der Waals surface area (Å²) in [7, 11) is 0. The van der Waals surface area contributed by atoms with Gasteiger partial charge in [0.05, 0.1) is 18.8 Å². The summed E-state index contributed by atoms with van der Waals surface area (Å²) in [4.78, 5) is 0. The molecule has 4 nitrogen and oxygen atoms in total. The molecule has 1 saturated carbocycles. The number of halogens is 1. The molecule has 0 bridgehead atoms. The second kappa shape index (κ2) is 8.39. The van der Waals surface area contributed by atoms with Gasteiger partial charge in [0.1, 0.15) is 5.82 Å². The molecular formula is C19H28FNO3. The van der Waals surface area contributed by atoms with Gasteiger partial charge in [-0.25, -0.2) is 4.39 Å². The van der Waals surface area contributed by atoms with E-state index in [1.54, 1.807) is 0 Å². The summed E-state index contributed by atoms with van der Waals surface area (Å²) in [6, 6.07) is 6.75. The number of hydrogen-bond acceptors (Lipinski definition) is 4. The fourth-order valence-electron chi connectivity index (χ4n) is 3.78. The van der Waals surface area contributed by atoms with Crippen molar-refractivity contribution < 1.29 is 19.0 Å². The van der Waals surface area contributed by atoms with E-state index in [4.69, 9.17) is 9.47 Å². The Kier molecular flexibility index (Phi) is 6.22. The quantitative estimate of drug-likeness (QED) is 0.803. The number of hydrogen-bond donors (Lipinski definition) is 2. The minimum atomic E-state index is -0.536. The van der Waals surface area contributed by atoms with Crippen molar-refractivity contribution in [3.8, 4) is 0 Å². The lowest BCUT2D eigenvalue weighted by Crippen LogP contribution is -2.45. The van der Waals surface area contributed by atoms with Gasteiger partial charge < -0.3 is 19.9 Å². The molecule has 5 heteroatoms. The molecule has 1 aromatic rings. The molecule has 3 rings (SSSR count). The van der Waals surface area contributed by atoms with Crippen molar-refractivity contribution in [1.82, 2.24) is 5.32 Å². The average Bonchev–Trinajstić information content (AvgIpc) is 3.10. The summed E-state index contributed by atoms with van der Waals surface area (Å²) in [5, 5.41) is 13.8. The minimum absolute atomic E-state index is 0.145. The molecule has 0 radical (unpaired) electrons. The number of ether oxygens (including phenoxy) is 2. The van der Waals surface area contributed by atoms with Crippen molar-refractivity contribution in [2.24, 2.45) is 0 Å². The molecule has 1 aliphatic carbocycles. The maximum atomic E-state index is 13.2. The number of rotatable bonds is 7. The van der Waals surface area contributed by atoms with Crippen LogP contribution in [0.2, 0.25) is 0 Å². The van der Waals surface area contributed by atoms with Crippen LogP contribution in [-0.4, -0.2) is 43.7 Å². The molecule has 0 amide bonds. The Balaban J connectivity index is 1.51. The summed E-state index contributed by atoms with van der Waals surface area (Å²) in [6.07, 6.45) is 5.81. The summed E-state index contributed by atoms with van der Waals surface area (Å²) in [5.41, 5.74) is 0.965. The highest BCUT2D eigenvalue weighted by Crippen LogP contribution is 2.38. The van der Waals surface area contributed by atoms with E-state index in [-0.39, 0.29) is 17.5 Å². The maximum Gasteiger partial charge on any atom is 0.123 e. The van der Waals surface area contributed by atoms with Crippen molar-refractivity contribution in [1.29, 1.82) is 0 Å². The molecule has 1 aromatic carbocycles. The Bertz CT molecular complexity index is 496. The van der Waals surface area contributed by atoms with Gasteiger partial charge in [0.15, 0.2) is 0 Å². The number of aliphatic hydroxyl groups is 1. The summed E-state index contributed by atoms with van der Waals surface area (Å²) < 4.78 is 24.3. The van der Waals surface area contributed by atoms with Crippen molar-refractivity contribution >= 4 is 0 Å². The Labute approximate surface area is 143 Å². The van der Waals surface area contributed by atoms with E-state index in [9.17, 15) is 9.50 Å². The zero-order valence-electron chi connectivity index (χ0n) is 14.2. The van der Waals surface area contributed by atoms with Crippen LogP contribution in [0, 0.1) is 5.82 Å². The van der Waals surface area contributed by atoms with Crippen LogP contribution in [0.1, 0.15) is 44.1 Å². The molecule has 134 valence electrons. The van der Waals surface area contributed by atoms with E-state index < -0.39 is 6.10 Å². The molecule has 0 spiro atoms. The smallest absolute Gasteiger partial charge is 0.123 e. The van der Waals surface area contributed by atoms with Crippen molar-refractivity contribution in [3.05, 3.63) is 35.6 Å². The third kappa shape index (κ3) is 4.54. The van der Waals surface area contributed by atoms with Gasteiger partial charge in [0.25, 0.3) is 0 Å². The predicted molar refractivity (Wildman–Crippen MR) is 90.3 cm³/mol. The summed E-state index contributed by atoms with van der Waals surface area (Å²) in [5.74, 6) is -0.211. The lowest BCUT2D eigenvalue weighted by Gasteiger charge is -2.32. The van der Waals surface area contributed by atoms with Crippen molar-refractivity contribution in [2.45, 2.75) is 56.3 Å². The van der Waals surface area contributed by atoms with Gasteiger partial charge in [-0.2, -0.15) is 0 Å². The van der Waals surface area contributed by atoms with Crippen molar-refractivity contribution in [3.63, 3.8) is 0 Å². The van der Waals surface area contributed by atoms with E-state index in [1.807, 2.05) is 12.1 Å². The van der Waals surface area contributed by atoms with Crippen LogP contribution in [-0.2, 0) is 15.0 Å². The van der Waals surface area contributed by atoms with E-state index >= 15 is 0 Å². The molecule has 1 aliphatic heterocycles. The monoisotopic (exact) mass is 337 g/mol. The molecular weight excluding hydrogens is 309 g/mol. The molecule has 2 fully saturated rings. The fourth-order valence-corrected chi connectivity index (χ4v) is 3.78. The first-order valence-electron chi connectivity index (χ1n) is 9.06. The normalized spacial score (nSPS) is 22.6. The molecule has 1 atom stereocenters. The molecule has 1 saturated heterocycles. The zero-order valence-corrected chi connectivity index (χ0v) is 14.2. The van der Waals surface area contributed by atoms with Gasteiger partial charge >= 0.3 is 0 Å². The Morgan fingerprint density at radius 1 is 1.21 bits per heavy atom. The largest absolute Gasteiger partial charge is 0.389 e. The van der Waals surface area contributed by atoms with Crippen LogP contribution in [0.3, 0.4) is 0 Å². The SMILES string of the molecule is OC(CNC1(c2ccc(F)cc2)CCCC1)COC1CCOCC1. The highest BCUT2D eigenvalue weighted by Gasteiger charge is 2.35. The highest BCUT2D eigenvalue weighted by molar-refractivity contribution is 5.26. The average molecular weight is 337 g/mol. The highest BCUT2D eigenvalue weighted by atomic mass is 19.1. The Morgan fingerprint density at radius 2 is 1.88 bits per heavy atom. The van der Waals surface area contributed by atoms with Crippen LogP contribution < -0.4 is 5.32 Å².